The van der Waals surface area contributed by atoms with E-state index in [1.807, 2.05) is 0 Å². The maximum absolute atomic E-state index is 6.06. The molecule has 5 heteroatoms. The number of hydrogen-bond acceptors (Lipinski definition) is 1. The van der Waals surface area contributed by atoms with Crippen molar-refractivity contribution in [2.75, 3.05) is 6.61 Å². The summed E-state index contributed by atoms with van der Waals surface area (Å²) in [6.45, 7) is 12.0. The van der Waals surface area contributed by atoms with E-state index in [2.05, 4.69) is 88.1 Å². The Bertz CT molecular complexity index is 1220. The molecule has 0 saturated heterocycles. The van der Waals surface area contributed by atoms with Crippen molar-refractivity contribution < 1.29 is 55.4 Å². The van der Waals surface area contributed by atoms with Crippen LogP contribution in [0.5, 0.6) is 0 Å². The molecule has 0 atom stereocenters. The molecule has 0 unspecified atom stereocenters. The molecule has 31 heavy (non-hydrogen) atoms. The minimum Gasteiger partial charge on any atom is -1.00 e. The molecule has 0 amide bonds. The predicted octanol–water partition coefficient (Wildman–Crippen LogP) is -0.856. The molecule has 161 valence electrons. The molecule has 0 spiro atoms. The summed E-state index contributed by atoms with van der Waals surface area (Å²) < 4.78 is 6.06. The summed E-state index contributed by atoms with van der Waals surface area (Å²) in [4.78, 5) is 0. The second-order valence-electron chi connectivity index (χ2n) is 8.94. The van der Waals surface area contributed by atoms with Gasteiger partial charge in [0.1, 0.15) is 0 Å². The molecule has 2 aromatic rings. The molecule has 0 heterocycles. The average Bonchev–Trinajstić information content (AvgIpc) is 3.24. The fourth-order valence-corrected chi connectivity index (χ4v) is 4.79. The molecule has 1 radical (unpaired) electrons. The summed E-state index contributed by atoms with van der Waals surface area (Å²) >= 11 is 0. The number of rotatable bonds is 5. The fourth-order valence-electron chi connectivity index (χ4n) is 4.08. The van der Waals surface area contributed by atoms with Crippen LogP contribution in [0.25, 0.3) is 17.2 Å². The Morgan fingerprint density at radius 2 is 1.71 bits per heavy atom. The van der Waals surface area contributed by atoms with Crippen LogP contribution in [0.1, 0.15) is 37.8 Å². The van der Waals surface area contributed by atoms with Crippen molar-refractivity contribution in [3.63, 3.8) is 0 Å². The van der Waals surface area contributed by atoms with Gasteiger partial charge in [0.2, 0.25) is 0 Å². The van der Waals surface area contributed by atoms with Crippen LogP contribution in [-0.2, 0) is 30.6 Å². The third-order valence-electron chi connectivity index (χ3n) is 5.41. The summed E-state index contributed by atoms with van der Waals surface area (Å²) in [5, 5.41) is 5.17. The van der Waals surface area contributed by atoms with Crippen molar-refractivity contribution in [2.24, 2.45) is 0 Å². The minimum atomic E-state index is -1.45. The van der Waals surface area contributed by atoms with Gasteiger partial charge in [0.15, 0.2) is 8.32 Å². The van der Waals surface area contributed by atoms with E-state index < -0.39 is 8.32 Å². The molecule has 2 aliphatic rings. The maximum Gasteiger partial charge on any atom is 3.00 e. The molecule has 0 N–H and O–H groups in total. The van der Waals surface area contributed by atoms with Crippen molar-refractivity contribution >= 4 is 25.5 Å². The number of allylic oxidation sites excluding steroid dienone is 3. The van der Waals surface area contributed by atoms with Crippen LogP contribution in [0, 0.1) is 10.4 Å². The van der Waals surface area contributed by atoms with Gasteiger partial charge in [0, 0.05) is 6.61 Å². The van der Waals surface area contributed by atoms with Crippen LogP contribution in [-0.4, -0.2) is 14.9 Å². The van der Waals surface area contributed by atoms with Crippen LogP contribution in [0.15, 0.2) is 54.1 Å². The normalized spacial score (nSPS) is 13.5. The Morgan fingerprint density at radius 3 is 2.39 bits per heavy atom. The first-order chi connectivity index (χ1) is 13.3. The van der Waals surface area contributed by atoms with Crippen LogP contribution in [0.2, 0.25) is 19.6 Å². The van der Waals surface area contributed by atoms with Crippen LogP contribution in [0.4, 0.5) is 0 Å². The summed E-state index contributed by atoms with van der Waals surface area (Å²) in [5.74, 6) is 0. The zero-order chi connectivity index (χ0) is 19.9. The van der Waals surface area contributed by atoms with E-state index in [1.54, 1.807) is 0 Å². The van der Waals surface area contributed by atoms with Gasteiger partial charge in [-0.1, -0.05) is 64.4 Å². The van der Waals surface area contributed by atoms with Crippen molar-refractivity contribution in [1.29, 1.82) is 0 Å². The number of halogens is 2. The molecule has 0 bridgehead atoms. The number of hydrogen-bond donors (Lipinski definition) is 0. The van der Waals surface area contributed by atoms with E-state index >= 15 is 0 Å². The standard InChI is InChI=1S/C26H29OSi.2ClH.Zr/c1-18(2)22-12-13-24-23-9-7-6-8-20(23)17-25(24)26(22)21-11-10-19(16-21)14-15-27-28(3,4)5;;;/h6-10,12-13,16H,11,14-15H2,1-5H3;2*1H;/q-1;;;+3/p-2. The third kappa shape index (κ3) is 6.21. The largest absolute Gasteiger partial charge is 3.00 e. The first-order valence-electron chi connectivity index (χ1n) is 10.2. The van der Waals surface area contributed by atoms with Crippen LogP contribution in [0.3, 0.4) is 0 Å². The number of benzene rings is 2. The summed E-state index contributed by atoms with van der Waals surface area (Å²) in [6.07, 6.45) is 10.5. The Kier molecular flexibility index (Phi) is 10.5. The van der Waals surface area contributed by atoms with Crippen molar-refractivity contribution in [1.82, 2.24) is 0 Å². The van der Waals surface area contributed by atoms with Gasteiger partial charge in [-0.05, 0) is 51.9 Å². The van der Waals surface area contributed by atoms with E-state index in [9.17, 15) is 0 Å². The number of fused-ring (bicyclic) bond motifs is 2. The van der Waals surface area contributed by atoms with Crippen molar-refractivity contribution in [3.8, 4) is 0 Å². The predicted molar refractivity (Wildman–Crippen MR) is 122 cm³/mol. The first-order valence-corrected chi connectivity index (χ1v) is 13.6. The van der Waals surface area contributed by atoms with Gasteiger partial charge in [-0.15, -0.1) is 33.4 Å². The third-order valence-corrected chi connectivity index (χ3v) is 6.48. The van der Waals surface area contributed by atoms with E-state index in [1.165, 1.54) is 48.7 Å². The molecule has 2 aromatic carbocycles. The smallest absolute Gasteiger partial charge is 1.00 e. The van der Waals surface area contributed by atoms with Crippen molar-refractivity contribution in [2.45, 2.75) is 46.3 Å². The molecule has 0 aromatic heterocycles. The van der Waals surface area contributed by atoms with Crippen molar-refractivity contribution in [3.05, 3.63) is 86.1 Å². The van der Waals surface area contributed by atoms with Gasteiger partial charge in [-0.2, -0.15) is 0 Å². The Balaban J connectivity index is 0.00000160. The molecular weight excluding hydrogens is 519 g/mol. The van der Waals surface area contributed by atoms with E-state index in [-0.39, 0.29) is 51.0 Å². The van der Waals surface area contributed by atoms with E-state index in [0.717, 1.165) is 19.4 Å². The molecule has 0 aliphatic heterocycles. The second-order valence-corrected chi connectivity index (χ2v) is 13.5. The summed E-state index contributed by atoms with van der Waals surface area (Å²) in [6, 6.07) is 13.2. The Hall–Kier alpha value is -0.700. The monoisotopic (exact) mass is 545 g/mol. The Morgan fingerprint density at radius 1 is 1.00 bits per heavy atom. The van der Waals surface area contributed by atoms with Crippen LogP contribution >= 0.6 is 0 Å². The van der Waals surface area contributed by atoms with Gasteiger partial charge in [-0.25, -0.2) is 0 Å². The fraction of sp³-hybridized carbons (Fsp3) is 0.308. The van der Waals surface area contributed by atoms with Gasteiger partial charge in [0.25, 0.3) is 0 Å². The van der Waals surface area contributed by atoms with Crippen LogP contribution < -0.4 is 35.3 Å². The maximum atomic E-state index is 6.06. The molecule has 2 aliphatic carbocycles. The molecule has 0 fully saturated rings. The minimum absolute atomic E-state index is 0. The van der Waals surface area contributed by atoms with Gasteiger partial charge in [-0.3, -0.25) is 0 Å². The summed E-state index contributed by atoms with van der Waals surface area (Å²) in [5.41, 5.74) is 6.80. The molecule has 4 rings (SSSR count). The second kappa shape index (κ2) is 11.4. The summed E-state index contributed by atoms with van der Waals surface area (Å²) in [7, 11) is -1.45. The SMILES string of the molecule is CC(C)=c1ccc2c(c1C1=CC(CCO[Si](C)(C)C)=CC1)[C-]=c1ccccc1=2.[Cl-].[Cl-].[Zr+3]. The molecular formula is C26H29Cl2OSiZr. The van der Waals surface area contributed by atoms with Gasteiger partial charge < -0.3 is 29.2 Å². The molecule has 1 nitrogen and oxygen atoms in total. The molecule has 0 saturated carbocycles. The van der Waals surface area contributed by atoms with Gasteiger partial charge in [0.05, 0.1) is 0 Å². The quantitative estimate of drug-likeness (QED) is 0.299. The van der Waals surface area contributed by atoms with Gasteiger partial charge >= 0.3 is 26.2 Å². The van der Waals surface area contributed by atoms with E-state index in [0.29, 0.717) is 0 Å². The average molecular weight is 548 g/mol. The first kappa shape index (κ1) is 28.3. The Labute approximate surface area is 218 Å². The topological polar surface area (TPSA) is 9.23 Å². The zero-order valence-electron chi connectivity index (χ0n) is 18.9. The zero-order valence-corrected chi connectivity index (χ0v) is 23.9. The van der Waals surface area contributed by atoms with E-state index in [4.69, 9.17) is 4.43 Å².